The number of carbonyl (C=O) groups is 1. The van der Waals surface area contributed by atoms with E-state index in [9.17, 15) is 9.18 Å². The molecule has 29 heavy (non-hydrogen) atoms. The van der Waals surface area contributed by atoms with Crippen LogP contribution >= 0.6 is 11.6 Å². The number of H-pyrrole nitrogens is 1. The van der Waals surface area contributed by atoms with E-state index in [1.807, 2.05) is 42.6 Å². The summed E-state index contributed by atoms with van der Waals surface area (Å²) in [5, 5.41) is 4.75. The Morgan fingerprint density at radius 2 is 1.83 bits per heavy atom. The lowest BCUT2D eigenvalue weighted by molar-refractivity contribution is 0.0954. The molecule has 3 aromatic carbocycles. The summed E-state index contributed by atoms with van der Waals surface area (Å²) in [6.07, 6.45) is 3.31. The number of amides is 1. The molecule has 0 aliphatic rings. The molecule has 0 fully saturated rings. The quantitative estimate of drug-likeness (QED) is 0.435. The zero-order valence-electron chi connectivity index (χ0n) is 15.7. The summed E-state index contributed by atoms with van der Waals surface area (Å²) in [4.78, 5) is 15.8. The van der Waals surface area contributed by atoms with Crippen molar-refractivity contribution in [1.29, 1.82) is 0 Å². The Hall–Kier alpha value is -3.11. The maximum Gasteiger partial charge on any atom is 0.251 e. The van der Waals surface area contributed by atoms with Gasteiger partial charge in [-0.3, -0.25) is 4.79 Å². The van der Waals surface area contributed by atoms with Gasteiger partial charge in [0, 0.05) is 34.2 Å². The van der Waals surface area contributed by atoms with Crippen LogP contribution in [0.2, 0.25) is 5.02 Å². The first-order chi connectivity index (χ1) is 14.1. The number of aromatic amines is 1. The molecule has 0 radical (unpaired) electrons. The Kier molecular flexibility index (Phi) is 5.63. The first kappa shape index (κ1) is 19.2. The number of aromatic nitrogens is 1. The summed E-state index contributed by atoms with van der Waals surface area (Å²) in [6.45, 7) is 0.528. The predicted octanol–water partition coefficient (Wildman–Crippen LogP) is 5.52. The van der Waals surface area contributed by atoms with Gasteiger partial charge in [-0.15, -0.1) is 0 Å². The van der Waals surface area contributed by atoms with Gasteiger partial charge in [0.15, 0.2) is 0 Å². The van der Waals surface area contributed by atoms with Gasteiger partial charge >= 0.3 is 0 Å². The summed E-state index contributed by atoms with van der Waals surface area (Å²) < 4.78 is 13.1. The minimum Gasteiger partial charge on any atom is -0.361 e. The number of hydrogen-bond acceptors (Lipinski definition) is 1. The summed E-state index contributed by atoms with van der Waals surface area (Å²) in [7, 11) is 0. The zero-order chi connectivity index (χ0) is 20.2. The van der Waals surface area contributed by atoms with Gasteiger partial charge in [0.1, 0.15) is 5.82 Å². The van der Waals surface area contributed by atoms with E-state index in [1.54, 1.807) is 18.2 Å². The molecule has 0 atom stereocenters. The highest BCUT2D eigenvalue weighted by Crippen LogP contribution is 2.22. The fourth-order valence-electron chi connectivity index (χ4n) is 3.43. The second-order valence-corrected chi connectivity index (χ2v) is 7.45. The maximum atomic E-state index is 13.1. The standard InChI is InChI=1S/C24H20ClFN2O/c25-20-6-9-23-22(14-20)19(15-28-23)10-11-27-24(29)18-3-1-2-17(13-18)12-16-4-7-21(26)8-5-16/h1-9,13-15,28H,10-12H2,(H,27,29). The van der Waals surface area contributed by atoms with E-state index < -0.39 is 0 Å². The smallest absolute Gasteiger partial charge is 0.251 e. The van der Waals surface area contributed by atoms with Gasteiger partial charge in [0.2, 0.25) is 0 Å². The molecule has 0 aliphatic heterocycles. The molecule has 0 bridgehead atoms. The molecule has 0 saturated heterocycles. The average molecular weight is 407 g/mol. The molecule has 0 saturated carbocycles. The van der Waals surface area contributed by atoms with Crippen LogP contribution in [0.15, 0.2) is 72.9 Å². The number of fused-ring (bicyclic) bond motifs is 1. The highest BCUT2D eigenvalue weighted by Gasteiger charge is 2.08. The van der Waals surface area contributed by atoms with Crippen molar-refractivity contribution in [3.8, 4) is 0 Å². The molecule has 0 unspecified atom stereocenters. The topological polar surface area (TPSA) is 44.9 Å². The van der Waals surface area contributed by atoms with Gasteiger partial charge in [0.25, 0.3) is 5.91 Å². The second-order valence-electron chi connectivity index (χ2n) is 7.01. The van der Waals surface area contributed by atoms with Crippen molar-refractivity contribution < 1.29 is 9.18 Å². The van der Waals surface area contributed by atoms with Crippen LogP contribution in [0, 0.1) is 5.82 Å². The zero-order valence-corrected chi connectivity index (χ0v) is 16.5. The van der Waals surface area contributed by atoms with E-state index >= 15 is 0 Å². The van der Waals surface area contributed by atoms with Crippen molar-refractivity contribution in [1.82, 2.24) is 10.3 Å². The van der Waals surface area contributed by atoms with Crippen molar-refractivity contribution in [2.45, 2.75) is 12.8 Å². The van der Waals surface area contributed by atoms with E-state index in [1.165, 1.54) is 12.1 Å². The van der Waals surface area contributed by atoms with Crippen LogP contribution in [0.5, 0.6) is 0 Å². The highest BCUT2D eigenvalue weighted by molar-refractivity contribution is 6.31. The number of halogens is 2. The minimum atomic E-state index is -0.251. The third kappa shape index (κ3) is 4.66. The molecule has 1 amide bonds. The Bertz CT molecular complexity index is 1150. The fourth-order valence-corrected chi connectivity index (χ4v) is 3.60. The van der Waals surface area contributed by atoms with Crippen molar-refractivity contribution >= 4 is 28.4 Å². The Labute approximate surface area is 173 Å². The van der Waals surface area contributed by atoms with Crippen LogP contribution in [0.3, 0.4) is 0 Å². The summed E-state index contributed by atoms with van der Waals surface area (Å²) in [5.41, 5.74) is 4.78. The number of rotatable bonds is 6. The second kappa shape index (κ2) is 8.50. The van der Waals surface area contributed by atoms with Gasteiger partial charge in [-0.05, 0) is 72.0 Å². The number of nitrogens with one attached hydrogen (secondary N) is 2. The summed E-state index contributed by atoms with van der Waals surface area (Å²) in [5.74, 6) is -0.358. The lowest BCUT2D eigenvalue weighted by Gasteiger charge is -2.08. The molecule has 2 N–H and O–H groups in total. The van der Waals surface area contributed by atoms with Crippen molar-refractivity contribution in [3.05, 3.63) is 106 Å². The van der Waals surface area contributed by atoms with E-state index in [0.29, 0.717) is 30.0 Å². The third-order valence-corrected chi connectivity index (χ3v) is 5.16. The van der Waals surface area contributed by atoms with Crippen LogP contribution < -0.4 is 5.32 Å². The molecule has 1 heterocycles. The Morgan fingerprint density at radius 1 is 1.00 bits per heavy atom. The summed E-state index contributed by atoms with van der Waals surface area (Å²) in [6, 6.07) is 19.7. The fraction of sp³-hybridized carbons (Fsp3) is 0.125. The molecular weight excluding hydrogens is 387 g/mol. The van der Waals surface area contributed by atoms with Gasteiger partial charge in [0.05, 0.1) is 0 Å². The molecule has 4 rings (SSSR count). The van der Waals surface area contributed by atoms with E-state index in [0.717, 1.165) is 27.6 Å². The predicted molar refractivity (Wildman–Crippen MR) is 115 cm³/mol. The first-order valence-corrected chi connectivity index (χ1v) is 9.83. The monoisotopic (exact) mass is 406 g/mol. The van der Waals surface area contributed by atoms with Crippen LogP contribution in [0.4, 0.5) is 4.39 Å². The summed E-state index contributed by atoms with van der Waals surface area (Å²) >= 11 is 6.09. The number of benzene rings is 3. The van der Waals surface area contributed by atoms with E-state index in [4.69, 9.17) is 11.6 Å². The molecule has 5 heteroatoms. The molecule has 0 aliphatic carbocycles. The molecular formula is C24H20ClFN2O. The van der Waals surface area contributed by atoms with Crippen LogP contribution in [-0.4, -0.2) is 17.4 Å². The normalized spacial score (nSPS) is 11.0. The molecule has 4 aromatic rings. The Balaban J connectivity index is 1.38. The van der Waals surface area contributed by atoms with Gasteiger partial charge in [-0.25, -0.2) is 4.39 Å². The number of hydrogen-bond donors (Lipinski definition) is 2. The number of carbonyl (C=O) groups excluding carboxylic acids is 1. The SMILES string of the molecule is O=C(NCCc1c[nH]c2ccc(Cl)cc12)c1cccc(Cc2ccc(F)cc2)c1. The maximum absolute atomic E-state index is 13.1. The van der Waals surface area contributed by atoms with Crippen molar-refractivity contribution in [2.75, 3.05) is 6.54 Å². The van der Waals surface area contributed by atoms with Gasteiger partial charge in [-0.1, -0.05) is 35.9 Å². The van der Waals surface area contributed by atoms with Crippen molar-refractivity contribution in [3.63, 3.8) is 0 Å². The lowest BCUT2D eigenvalue weighted by Crippen LogP contribution is -2.25. The van der Waals surface area contributed by atoms with Gasteiger partial charge < -0.3 is 10.3 Å². The molecule has 0 spiro atoms. The minimum absolute atomic E-state index is 0.108. The first-order valence-electron chi connectivity index (χ1n) is 9.45. The van der Waals surface area contributed by atoms with Gasteiger partial charge in [-0.2, -0.15) is 0 Å². The lowest BCUT2D eigenvalue weighted by atomic mass is 10.0. The largest absolute Gasteiger partial charge is 0.361 e. The average Bonchev–Trinajstić information content (AvgIpc) is 3.12. The van der Waals surface area contributed by atoms with Crippen LogP contribution in [0.25, 0.3) is 10.9 Å². The van der Waals surface area contributed by atoms with E-state index in [2.05, 4.69) is 10.3 Å². The third-order valence-electron chi connectivity index (χ3n) is 4.92. The van der Waals surface area contributed by atoms with Crippen molar-refractivity contribution in [2.24, 2.45) is 0 Å². The molecule has 1 aromatic heterocycles. The molecule has 146 valence electrons. The molecule has 3 nitrogen and oxygen atoms in total. The van der Waals surface area contributed by atoms with E-state index in [-0.39, 0.29) is 11.7 Å². The van der Waals surface area contributed by atoms with Crippen LogP contribution in [-0.2, 0) is 12.8 Å². The highest BCUT2D eigenvalue weighted by atomic mass is 35.5. The van der Waals surface area contributed by atoms with Crippen LogP contribution in [0.1, 0.15) is 27.0 Å². The Morgan fingerprint density at radius 3 is 2.66 bits per heavy atom.